The highest BCUT2D eigenvalue weighted by Gasteiger charge is 2.21. The van der Waals surface area contributed by atoms with Crippen LogP contribution < -0.4 is 9.64 Å². The zero-order valence-electron chi connectivity index (χ0n) is 17.8. The monoisotopic (exact) mass is 396 g/mol. The fourth-order valence-electron chi connectivity index (χ4n) is 3.62. The zero-order valence-corrected chi connectivity index (χ0v) is 17.8. The van der Waals surface area contributed by atoms with Crippen molar-refractivity contribution in [1.82, 2.24) is 14.8 Å². The van der Waals surface area contributed by atoms with Crippen LogP contribution in [-0.4, -0.2) is 73.6 Å². The smallest absolute Gasteiger partial charge is 0.223 e. The van der Waals surface area contributed by atoms with Crippen LogP contribution in [0.25, 0.3) is 0 Å². The van der Waals surface area contributed by atoms with Gasteiger partial charge in [0.15, 0.2) is 0 Å². The van der Waals surface area contributed by atoms with E-state index in [0.29, 0.717) is 13.0 Å². The van der Waals surface area contributed by atoms with Crippen molar-refractivity contribution in [2.24, 2.45) is 0 Å². The summed E-state index contributed by atoms with van der Waals surface area (Å²) in [5, 5.41) is 0. The van der Waals surface area contributed by atoms with E-state index in [1.54, 1.807) is 0 Å². The molecule has 0 aliphatic carbocycles. The molecule has 0 unspecified atom stereocenters. The summed E-state index contributed by atoms with van der Waals surface area (Å²) in [6.45, 7) is 9.51. The van der Waals surface area contributed by atoms with Gasteiger partial charge in [-0.2, -0.15) is 0 Å². The summed E-state index contributed by atoms with van der Waals surface area (Å²) in [6, 6.07) is 12.2. The second kappa shape index (κ2) is 10.3. The van der Waals surface area contributed by atoms with Gasteiger partial charge in [-0.3, -0.25) is 4.79 Å². The van der Waals surface area contributed by atoms with Crippen molar-refractivity contribution in [2.45, 2.75) is 20.3 Å². The molecular weight excluding hydrogens is 364 g/mol. The van der Waals surface area contributed by atoms with E-state index in [0.717, 1.165) is 50.8 Å². The van der Waals surface area contributed by atoms with E-state index in [1.807, 2.05) is 36.3 Å². The lowest BCUT2D eigenvalue weighted by Gasteiger charge is -2.35. The first-order chi connectivity index (χ1) is 14.0. The molecule has 1 aromatic heterocycles. The quantitative estimate of drug-likeness (QED) is 0.687. The lowest BCUT2D eigenvalue weighted by atomic mass is 10.1. The third kappa shape index (κ3) is 6.46. The van der Waals surface area contributed by atoms with Gasteiger partial charge in [-0.05, 0) is 56.3 Å². The number of aromatic nitrogens is 1. The topological polar surface area (TPSA) is 48.9 Å². The summed E-state index contributed by atoms with van der Waals surface area (Å²) in [5.74, 6) is 2.13. The van der Waals surface area contributed by atoms with Crippen LogP contribution >= 0.6 is 0 Å². The minimum Gasteiger partial charge on any atom is -0.492 e. The van der Waals surface area contributed by atoms with E-state index in [2.05, 4.69) is 46.8 Å². The molecule has 1 aliphatic rings. The Morgan fingerprint density at radius 1 is 1.07 bits per heavy atom. The number of anilines is 1. The van der Waals surface area contributed by atoms with Crippen molar-refractivity contribution in [3.63, 3.8) is 0 Å². The first kappa shape index (κ1) is 21.1. The number of carbonyl (C=O) groups excluding carboxylic acids is 1. The largest absolute Gasteiger partial charge is 0.492 e. The van der Waals surface area contributed by atoms with Crippen molar-refractivity contribution in [2.75, 3.05) is 57.8 Å². The standard InChI is InChI=1S/C23H32N4O2/c1-19-16-20(2)18-21(17-19)29-15-14-25(3)9-7-23(28)27-12-10-26(11-13-27)22-6-4-5-8-24-22/h4-6,8,16-18H,7,9-15H2,1-3H3. The van der Waals surface area contributed by atoms with Crippen molar-refractivity contribution in [1.29, 1.82) is 0 Å². The predicted octanol–water partition coefficient (Wildman–Crippen LogP) is 2.75. The molecule has 0 spiro atoms. The van der Waals surface area contributed by atoms with Gasteiger partial charge < -0.3 is 19.4 Å². The average molecular weight is 397 g/mol. The highest BCUT2D eigenvalue weighted by molar-refractivity contribution is 5.76. The van der Waals surface area contributed by atoms with E-state index < -0.39 is 0 Å². The van der Waals surface area contributed by atoms with Crippen LogP contribution in [0.4, 0.5) is 5.82 Å². The Bertz CT molecular complexity index is 768. The molecule has 0 N–H and O–H groups in total. The van der Waals surface area contributed by atoms with Gasteiger partial charge in [0.1, 0.15) is 18.2 Å². The molecule has 6 heteroatoms. The van der Waals surface area contributed by atoms with Gasteiger partial charge in [0, 0.05) is 51.9 Å². The number of piperazine rings is 1. The fourth-order valence-corrected chi connectivity index (χ4v) is 3.62. The lowest BCUT2D eigenvalue weighted by Crippen LogP contribution is -2.49. The van der Waals surface area contributed by atoms with Crippen LogP contribution in [0.1, 0.15) is 17.5 Å². The van der Waals surface area contributed by atoms with Gasteiger partial charge in [-0.1, -0.05) is 12.1 Å². The van der Waals surface area contributed by atoms with E-state index in [9.17, 15) is 4.79 Å². The molecular formula is C23H32N4O2. The number of rotatable bonds is 8. The van der Waals surface area contributed by atoms with Crippen molar-refractivity contribution < 1.29 is 9.53 Å². The second-order valence-corrected chi connectivity index (χ2v) is 7.78. The number of hydrogen-bond donors (Lipinski definition) is 0. The van der Waals surface area contributed by atoms with Crippen LogP contribution in [0.15, 0.2) is 42.6 Å². The van der Waals surface area contributed by atoms with E-state index in [4.69, 9.17) is 4.74 Å². The molecule has 3 rings (SSSR count). The van der Waals surface area contributed by atoms with Crippen LogP contribution in [0.3, 0.4) is 0 Å². The molecule has 2 aromatic rings. The maximum Gasteiger partial charge on any atom is 0.223 e. The lowest BCUT2D eigenvalue weighted by molar-refractivity contribution is -0.131. The van der Waals surface area contributed by atoms with Crippen LogP contribution in [0.2, 0.25) is 0 Å². The number of ether oxygens (including phenoxy) is 1. The van der Waals surface area contributed by atoms with Gasteiger partial charge in [0.05, 0.1) is 0 Å². The molecule has 6 nitrogen and oxygen atoms in total. The van der Waals surface area contributed by atoms with Crippen LogP contribution in [0.5, 0.6) is 5.75 Å². The maximum atomic E-state index is 12.5. The van der Waals surface area contributed by atoms with E-state index >= 15 is 0 Å². The predicted molar refractivity (Wildman–Crippen MR) is 117 cm³/mol. The first-order valence-electron chi connectivity index (χ1n) is 10.3. The Kier molecular flexibility index (Phi) is 7.47. The molecule has 0 saturated carbocycles. The minimum absolute atomic E-state index is 0.229. The Hall–Kier alpha value is -2.60. The number of aryl methyl sites for hydroxylation is 2. The normalized spacial score (nSPS) is 14.3. The number of benzene rings is 1. The summed E-state index contributed by atoms with van der Waals surface area (Å²) in [7, 11) is 2.04. The molecule has 156 valence electrons. The Morgan fingerprint density at radius 2 is 1.79 bits per heavy atom. The van der Waals surface area contributed by atoms with Gasteiger partial charge in [-0.15, -0.1) is 0 Å². The van der Waals surface area contributed by atoms with Crippen molar-refractivity contribution in [3.05, 3.63) is 53.7 Å². The molecule has 29 heavy (non-hydrogen) atoms. The molecule has 1 aliphatic heterocycles. The van der Waals surface area contributed by atoms with Crippen LogP contribution in [-0.2, 0) is 4.79 Å². The number of nitrogens with zero attached hydrogens (tertiary/aromatic N) is 4. The van der Waals surface area contributed by atoms with Crippen molar-refractivity contribution in [3.8, 4) is 5.75 Å². The Labute approximate surface area is 174 Å². The van der Waals surface area contributed by atoms with Gasteiger partial charge in [-0.25, -0.2) is 4.98 Å². The number of amides is 1. The SMILES string of the molecule is Cc1cc(C)cc(OCCN(C)CCC(=O)N2CCN(c3ccccn3)CC2)c1. The summed E-state index contributed by atoms with van der Waals surface area (Å²) >= 11 is 0. The molecule has 2 heterocycles. The number of hydrogen-bond acceptors (Lipinski definition) is 5. The van der Waals surface area contributed by atoms with Crippen LogP contribution in [0, 0.1) is 13.8 Å². The van der Waals surface area contributed by atoms with E-state index in [1.165, 1.54) is 11.1 Å². The maximum absolute atomic E-state index is 12.5. The Balaban J connectivity index is 1.34. The number of likely N-dealkylation sites (N-methyl/N-ethyl adjacent to an activating group) is 1. The Morgan fingerprint density at radius 3 is 2.45 bits per heavy atom. The minimum atomic E-state index is 0.229. The van der Waals surface area contributed by atoms with E-state index in [-0.39, 0.29) is 5.91 Å². The van der Waals surface area contributed by atoms with Crippen molar-refractivity contribution >= 4 is 11.7 Å². The number of pyridine rings is 1. The summed E-state index contributed by atoms with van der Waals surface area (Å²) in [5.41, 5.74) is 2.42. The third-order valence-electron chi connectivity index (χ3n) is 5.25. The molecule has 0 atom stereocenters. The van der Waals surface area contributed by atoms with Gasteiger partial charge >= 0.3 is 0 Å². The second-order valence-electron chi connectivity index (χ2n) is 7.78. The fraction of sp³-hybridized carbons (Fsp3) is 0.478. The highest BCUT2D eigenvalue weighted by atomic mass is 16.5. The molecule has 0 radical (unpaired) electrons. The first-order valence-corrected chi connectivity index (χ1v) is 10.3. The van der Waals surface area contributed by atoms with Gasteiger partial charge in [0.2, 0.25) is 5.91 Å². The van der Waals surface area contributed by atoms with Gasteiger partial charge in [0.25, 0.3) is 0 Å². The molecule has 1 fully saturated rings. The molecule has 1 amide bonds. The highest BCUT2D eigenvalue weighted by Crippen LogP contribution is 2.16. The summed E-state index contributed by atoms with van der Waals surface area (Å²) < 4.78 is 5.87. The summed E-state index contributed by atoms with van der Waals surface area (Å²) in [4.78, 5) is 23.3. The summed E-state index contributed by atoms with van der Waals surface area (Å²) in [6.07, 6.45) is 2.36. The molecule has 1 saturated heterocycles. The molecule has 0 bridgehead atoms. The number of carbonyl (C=O) groups is 1. The average Bonchev–Trinajstić information content (AvgIpc) is 2.72. The zero-order chi connectivity index (χ0) is 20.6. The molecule has 1 aromatic carbocycles. The third-order valence-corrected chi connectivity index (χ3v) is 5.25.